The Hall–Kier alpha value is -3.01. The number of hydrazone groups is 1. The van der Waals surface area contributed by atoms with E-state index < -0.39 is 11.5 Å². The largest absolute Gasteiger partial charge is 0.375 e. The number of hydrogen-bond acceptors (Lipinski definition) is 5. The number of anilines is 1. The number of aromatic amines is 1. The minimum atomic E-state index is -0.562. The van der Waals surface area contributed by atoms with E-state index in [9.17, 15) is 9.59 Å². The number of fused-ring (bicyclic) bond motifs is 1. The molecule has 0 aliphatic carbocycles. The van der Waals surface area contributed by atoms with Gasteiger partial charge < -0.3 is 16.0 Å². The smallest absolute Gasteiger partial charge is 0.272 e. The Labute approximate surface area is 180 Å². The molecule has 0 aliphatic rings. The predicted molar refractivity (Wildman–Crippen MR) is 119 cm³/mol. The fraction of sp³-hybridized carbons (Fsp3) is 0.0556. The minimum Gasteiger partial charge on any atom is -0.375 e. The Morgan fingerprint density at radius 2 is 1.86 bits per heavy atom. The van der Waals surface area contributed by atoms with Crippen LogP contribution in [-0.2, 0) is 11.2 Å². The first-order valence-corrected chi connectivity index (χ1v) is 9.35. The molecule has 0 fully saturated rings. The summed E-state index contributed by atoms with van der Waals surface area (Å²) in [4.78, 5) is 32.1. The summed E-state index contributed by atoms with van der Waals surface area (Å²) in [6.45, 7) is 0. The molecular weight excluding hydrogens is 435 g/mol. The highest BCUT2D eigenvalue weighted by atomic mass is 35.5. The quantitative estimate of drug-likeness (QED) is 0.270. The molecule has 5 N–H and O–H groups in total. The van der Waals surface area contributed by atoms with E-state index in [0.717, 1.165) is 0 Å². The number of halogens is 2. The number of hydrogen-bond donors (Lipinski definition) is 4. The molecular formula is C18H14Cl2N6O2S. The third kappa shape index (κ3) is 5.50. The van der Waals surface area contributed by atoms with Crippen LogP contribution in [0.25, 0.3) is 11.0 Å². The summed E-state index contributed by atoms with van der Waals surface area (Å²) in [5, 5.41) is 7.45. The second-order valence-electron chi connectivity index (χ2n) is 5.85. The van der Waals surface area contributed by atoms with Crippen molar-refractivity contribution in [3.05, 3.63) is 68.6 Å². The third-order valence-electron chi connectivity index (χ3n) is 3.72. The maximum atomic E-state index is 12.7. The number of carbonyl (C=O) groups excluding carboxylic acids is 1. The molecule has 0 unspecified atom stereocenters. The number of rotatable bonds is 5. The molecule has 0 saturated heterocycles. The molecule has 0 spiro atoms. The average molecular weight is 449 g/mol. The summed E-state index contributed by atoms with van der Waals surface area (Å²) in [6.07, 6.45) is -0.164. The fourth-order valence-electron chi connectivity index (χ4n) is 2.40. The third-order valence-corrected chi connectivity index (χ3v) is 4.30. The van der Waals surface area contributed by atoms with Gasteiger partial charge in [-0.2, -0.15) is 5.10 Å². The number of nitrogens with one attached hydrogen (secondary N) is 3. The standard InChI is InChI=1S/C18H14Cl2N6O2S/c19-9-1-4-11(5-2-9)22-17(28)15(25-26-18(21)29)8-14-16(27)24-13-7-10(20)3-6-12(13)23-14/h1-7H,8H2,(H,22,28)(H,24,27)(H3,21,26,29)/b25-15+. The molecule has 2 aromatic carbocycles. The number of benzene rings is 2. The Morgan fingerprint density at radius 1 is 1.17 bits per heavy atom. The zero-order valence-electron chi connectivity index (χ0n) is 14.7. The first-order valence-electron chi connectivity index (χ1n) is 8.19. The Balaban J connectivity index is 1.91. The van der Waals surface area contributed by atoms with Gasteiger partial charge in [0.2, 0.25) is 0 Å². The van der Waals surface area contributed by atoms with Crippen LogP contribution >= 0.6 is 35.4 Å². The van der Waals surface area contributed by atoms with Gasteiger partial charge in [-0.1, -0.05) is 23.2 Å². The van der Waals surface area contributed by atoms with Crippen molar-refractivity contribution in [2.75, 3.05) is 5.32 Å². The van der Waals surface area contributed by atoms with E-state index in [1.165, 1.54) is 0 Å². The first-order chi connectivity index (χ1) is 13.8. The minimum absolute atomic E-state index is 0.0425. The lowest BCUT2D eigenvalue weighted by molar-refractivity contribution is -0.110. The van der Waals surface area contributed by atoms with E-state index >= 15 is 0 Å². The number of carbonyl (C=O) groups is 1. The number of amides is 1. The van der Waals surface area contributed by atoms with Gasteiger partial charge in [0.05, 0.1) is 11.0 Å². The van der Waals surface area contributed by atoms with Crippen molar-refractivity contribution < 1.29 is 4.79 Å². The monoisotopic (exact) mass is 448 g/mol. The van der Waals surface area contributed by atoms with Crippen molar-refractivity contribution in [2.24, 2.45) is 10.8 Å². The number of H-pyrrole nitrogens is 1. The van der Waals surface area contributed by atoms with Crippen LogP contribution in [0.4, 0.5) is 5.69 Å². The second-order valence-corrected chi connectivity index (χ2v) is 7.16. The van der Waals surface area contributed by atoms with E-state index in [1.807, 2.05) is 0 Å². The molecule has 29 heavy (non-hydrogen) atoms. The molecule has 3 aromatic rings. The van der Waals surface area contributed by atoms with Crippen LogP contribution < -0.4 is 22.0 Å². The lowest BCUT2D eigenvalue weighted by atomic mass is 10.2. The summed E-state index contributed by atoms with van der Waals surface area (Å²) in [5.41, 5.74) is 8.83. The van der Waals surface area contributed by atoms with Gasteiger partial charge in [0.15, 0.2) is 5.11 Å². The molecule has 11 heteroatoms. The maximum Gasteiger partial charge on any atom is 0.272 e. The average Bonchev–Trinajstić information content (AvgIpc) is 2.67. The van der Waals surface area contributed by atoms with Gasteiger partial charge >= 0.3 is 0 Å². The summed E-state index contributed by atoms with van der Waals surface area (Å²) in [7, 11) is 0. The molecule has 3 rings (SSSR count). The van der Waals surface area contributed by atoms with Gasteiger partial charge in [0.1, 0.15) is 11.4 Å². The zero-order chi connectivity index (χ0) is 21.0. The topological polar surface area (TPSA) is 125 Å². The van der Waals surface area contributed by atoms with Crippen LogP contribution in [0.2, 0.25) is 10.0 Å². The summed E-state index contributed by atoms with van der Waals surface area (Å²) < 4.78 is 0. The number of aromatic nitrogens is 2. The van der Waals surface area contributed by atoms with E-state index in [1.54, 1.807) is 42.5 Å². The van der Waals surface area contributed by atoms with Crippen LogP contribution in [-0.4, -0.2) is 26.7 Å². The zero-order valence-corrected chi connectivity index (χ0v) is 17.0. The molecule has 1 aromatic heterocycles. The lowest BCUT2D eigenvalue weighted by Gasteiger charge is -2.09. The van der Waals surface area contributed by atoms with E-state index in [2.05, 4.69) is 25.8 Å². The molecule has 1 amide bonds. The van der Waals surface area contributed by atoms with Crippen molar-refractivity contribution in [3.63, 3.8) is 0 Å². The molecule has 0 radical (unpaired) electrons. The first kappa shape index (κ1) is 20.7. The Kier molecular flexibility index (Phi) is 6.42. The Bertz CT molecular complexity index is 1180. The van der Waals surface area contributed by atoms with E-state index in [4.69, 9.17) is 41.2 Å². The van der Waals surface area contributed by atoms with Crippen LogP contribution in [0.3, 0.4) is 0 Å². The van der Waals surface area contributed by atoms with Gasteiger partial charge in [-0.05, 0) is 54.7 Å². The molecule has 0 aliphatic heterocycles. The lowest BCUT2D eigenvalue weighted by Crippen LogP contribution is -2.33. The molecule has 0 saturated carbocycles. The summed E-state index contributed by atoms with van der Waals surface area (Å²) in [6, 6.07) is 11.4. The molecule has 148 valence electrons. The summed E-state index contributed by atoms with van der Waals surface area (Å²) >= 11 is 16.5. The van der Waals surface area contributed by atoms with Gasteiger partial charge in [-0.25, -0.2) is 4.98 Å². The van der Waals surface area contributed by atoms with E-state index in [0.29, 0.717) is 26.8 Å². The van der Waals surface area contributed by atoms with Crippen LogP contribution in [0, 0.1) is 0 Å². The summed E-state index contributed by atoms with van der Waals surface area (Å²) in [5.74, 6) is -0.562. The van der Waals surface area contributed by atoms with Crippen LogP contribution in [0.15, 0.2) is 52.4 Å². The van der Waals surface area contributed by atoms with Crippen molar-refractivity contribution in [1.82, 2.24) is 15.4 Å². The van der Waals surface area contributed by atoms with Crippen molar-refractivity contribution in [2.45, 2.75) is 6.42 Å². The number of nitrogens with zero attached hydrogens (tertiary/aromatic N) is 2. The van der Waals surface area contributed by atoms with Crippen LogP contribution in [0.5, 0.6) is 0 Å². The second kappa shape index (κ2) is 8.99. The highest BCUT2D eigenvalue weighted by molar-refractivity contribution is 7.80. The van der Waals surface area contributed by atoms with Crippen molar-refractivity contribution in [3.8, 4) is 0 Å². The molecule has 1 heterocycles. The SMILES string of the molecule is NC(=S)N/N=C(\Cc1nc2ccc(Cl)cc2[nH]c1=O)C(=O)Nc1ccc(Cl)cc1. The molecule has 0 bridgehead atoms. The fourth-order valence-corrected chi connectivity index (χ4v) is 2.75. The van der Waals surface area contributed by atoms with E-state index in [-0.39, 0.29) is 22.9 Å². The highest BCUT2D eigenvalue weighted by Gasteiger charge is 2.17. The van der Waals surface area contributed by atoms with Gasteiger partial charge in [-0.15, -0.1) is 0 Å². The maximum absolute atomic E-state index is 12.7. The van der Waals surface area contributed by atoms with Gasteiger partial charge in [0, 0.05) is 22.2 Å². The van der Waals surface area contributed by atoms with Crippen molar-refractivity contribution >= 4 is 68.9 Å². The van der Waals surface area contributed by atoms with Gasteiger partial charge in [0.25, 0.3) is 11.5 Å². The Morgan fingerprint density at radius 3 is 2.55 bits per heavy atom. The van der Waals surface area contributed by atoms with Crippen molar-refractivity contribution in [1.29, 1.82) is 0 Å². The molecule has 0 atom stereocenters. The highest BCUT2D eigenvalue weighted by Crippen LogP contribution is 2.16. The predicted octanol–water partition coefficient (Wildman–Crippen LogP) is 2.60. The van der Waals surface area contributed by atoms with Crippen LogP contribution in [0.1, 0.15) is 5.69 Å². The van der Waals surface area contributed by atoms with Gasteiger partial charge in [-0.3, -0.25) is 15.0 Å². The normalized spacial score (nSPS) is 11.3. The molecule has 8 nitrogen and oxygen atoms in total. The number of nitrogens with two attached hydrogens (primary N) is 1. The number of thiocarbonyl (C=S) groups is 1.